The number of fused-ring (bicyclic) bond motifs is 2. The Morgan fingerprint density at radius 3 is 2.05 bits per heavy atom. The predicted octanol–water partition coefficient (Wildman–Crippen LogP) is 3.77. The fourth-order valence-electron chi connectivity index (χ4n) is 2.45. The largest absolute Gasteiger partial charge is 0.349 e. The van der Waals surface area contributed by atoms with Crippen molar-refractivity contribution in [2.24, 2.45) is 0 Å². The zero-order valence-corrected chi connectivity index (χ0v) is 13.1. The Morgan fingerprint density at radius 1 is 1.00 bits per heavy atom. The predicted molar refractivity (Wildman–Crippen MR) is 87.3 cm³/mol. The molecule has 0 aliphatic carbocycles. The summed E-state index contributed by atoms with van der Waals surface area (Å²) < 4.78 is 0. The van der Waals surface area contributed by atoms with Gasteiger partial charge in [0.2, 0.25) is 5.91 Å². The van der Waals surface area contributed by atoms with E-state index in [4.69, 9.17) is 0 Å². The van der Waals surface area contributed by atoms with E-state index in [9.17, 15) is 4.79 Å². The fraction of sp³-hybridized carbons (Fsp3) is 0.235. The first-order valence-electron chi connectivity index (χ1n) is 7.00. The molecule has 4 heteroatoms. The Balaban J connectivity index is 1.93. The van der Waals surface area contributed by atoms with Crippen molar-refractivity contribution in [3.8, 4) is 0 Å². The van der Waals surface area contributed by atoms with Gasteiger partial charge in [-0.3, -0.25) is 4.79 Å². The summed E-state index contributed by atoms with van der Waals surface area (Å²) in [4.78, 5) is 18.3. The molecule has 0 N–H and O–H groups in total. The van der Waals surface area contributed by atoms with Gasteiger partial charge in [0.05, 0.1) is 11.4 Å². The quantitative estimate of drug-likeness (QED) is 0.862. The summed E-state index contributed by atoms with van der Waals surface area (Å²) in [5.74, 6) is 0.156. The third-order valence-corrected chi connectivity index (χ3v) is 4.71. The molecule has 1 amide bonds. The number of nitrogens with zero attached hydrogens (tertiary/aromatic N) is 2. The molecule has 1 aliphatic rings. The van der Waals surface area contributed by atoms with Crippen molar-refractivity contribution in [1.29, 1.82) is 0 Å². The van der Waals surface area contributed by atoms with Crippen molar-refractivity contribution in [1.82, 2.24) is 4.90 Å². The van der Waals surface area contributed by atoms with E-state index >= 15 is 0 Å². The zero-order valence-electron chi connectivity index (χ0n) is 12.2. The van der Waals surface area contributed by atoms with Gasteiger partial charge in [-0.15, -0.1) is 0 Å². The van der Waals surface area contributed by atoms with Crippen LogP contribution in [0.2, 0.25) is 0 Å². The topological polar surface area (TPSA) is 23.6 Å². The highest BCUT2D eigenvalue weighted by atomic mass is 32.2. The van der Waals surface area contributed by atoms with Crippen molar-refractivity contribution in [3.63, 3.8) is 0 Å². The first-order valence-corrected chi connectivity index (χ1v) is 7.82. The summed E-state index contributed by atoms with van der Waals surface area (Å²) in [7, 11) is 3.60. The molecule has 3 rings (SSSR count). The summed E-state index contributed by atoms with van der Waals surface area (Å²) in [6, 6.07) is 16.7. The molecule has 3 nitrogen and oxygen atoms in total. The molecule has 0 saturated carbocycles. The minimum Gasteiger partial charge on any atom is -0.349 e. The minimum absolute atomic E-state index is 0.156. The van der Waals surface area contributed by atoms with Crippen molar-refractivity contribution < 1.29 is 4.79 Å². The van der Waals surface area contributed by atoms with Crippen LogP contribution in [-0.2, 0) is 4.79 Å². The first-order chi connectivity index (χ1) is 10.2. The summed E-state index contributed by atoms with van der Waals surface area (Å²) in [6.45, 7) is 0.700. The molecule has 0 unspecified atom stereocenters. The Morgan fingerprint density at radius 2 is 1.52 bits per heavy atom. The molecule has 0 fully saturated rings. The van der Waals surface area contributed by atoms with E-state index in [1.54, 1.807) is 30.8 Å². The second kappa shape index (κ2) is 5.82. The van der Waals surface area contributed by atoms with Crippen LogP contribution in [0.15, 0.2) is 58.3 Å². The molecular weight excluding hydrogens is 280 g/mol. The number of hydrogen-bond donors (Lipinski definition) is 0. The molecule has 21 heavy (non-hydrogen) atoms. The van der Waals surface area contributed by atoms with Crippen LogP contribution in [0.3, 0.4) is 0 Å². The normalized spacial score (nSPS) is 12.6. The molecule has 2 aromatic carbocycles. The molecule has 0 spiro atoms. The molecule has 0 bridgehead atoms. The number of para-hydroxylation sites is 2. The van der Waals surface area contributed by atoms with Gasteiger partial charge in [-0.25, -0.2) is 0 Å². The Labute approximate surface area is 129 Å². The van der Waals surface area contributed by atoms with Crippen LogP contribution >= 0.6 is 11.8 Å². The van der Waals surface area contributed by atoms with Crippen LogP contribution in [0.5, 0.6) is 0 Å². The molecule has 0 radical (unpaired) electrons. The number of anilines is 2. The Kier molecular flexibility index (Phi) is 3.88. The molecule has 0 aromatic heterocycles. The Bertz CT molecular complexity index is 624. The average Bonchev–Trinajstić information content (AvgIpc) is 2.51. The lowest BCUT2D eigenvalue weighted by atomic mass is 10.2. The summed E-state index contributed by atoms with van der Waals surface area (Å²) >= 11 is 1.79. The number of rotatable bonds is 3. The maximum absolute atomic E-state index is 11.9. The second-order valence-electron chi connectivity index (χ2n) is 5.23. The average molecular weight is 298 g/mol. The minimum atomic E-state index is 0.156. The van der Waals surface area contributed by atoms with E-state index in [1.807, 2.05) is 12.1 Å². The number of carbonyl (C=O) groups excluding carboxylic acids is 1. The molecule has 1 heterocycles. The highest BCUT2D eigenvalue weighted by molar-refractivity contribution is 7.99. The van der Waals surface area contributed by atoms with Crippen LogP contribution in [0, 0.1) is 0 Å². The number of carbonyl (C=O) groups is 1. The standard InChI is InChI=1S/C17H18N2OS/c1-18(2)17(20)11-12-19-13-7-3-5-9-15(13)21-16-10-6-4-8-14(16)19/h3-10H,11-12H2,1-2H3. The van der Waals surface area contributed by atoms with Gasteiger partial charge >= 0.3 is 0 Å². The maximum atomic E-state index is 11.9. The van der Waals surface area contributed by atoms with Gasteiger partial charge in [0.1, 0.15) is 0 Å². The number of hydrogen-bond acceptors (Lipinski definition) is 3. The highest BCUT2D eigenvalue weighted by Gasteiger charge is 2.23. The van der Waals surface area contributed by atoms with Crippen LogP contribution in [0.4, 0.5) is 11.4 Å². The van der Waals surface area contributed by atoms with E-state index in [1.165, 1.54) is 21.2 Å². The summed E-state index contributed by atoms with van der Waals surface area (Å²) in [5, 5.41) is 0. The molecular formula is C17H18N2OS. The zero-order chi connectivity index (χ0) is 14.8. The van der Waals surface area contributed by atoms with Gasteiger partial charge in [0.25, 0.3) is 0 Å². The van der Waals surface area contributed by atoms with Gasteiger partial charge in [-0.05, 0) is 24.3 Å². The van der Waals surface area contributed by atoms with Crippen LogP contribution < -0.4 is 4.90 Å². The van der Waals surface area contributed by atoms with E-state index in [0.717, 1.165) is 0 Å². The summed E-state index contributed by atoms with van der Waals surface area (Å²) in [6.07, 6.45) is 0.514. The SMILES string of the molecule is CN(C)C(=O)CCN1c2ccccc2Sc2ccccc21. The lowest BCUT2D eigenvalue weighted by Crippen LogP contribution is -2.29. The molecule has 1 aliphatic heterocycles. The van der Waals surface area contributed by atoms with E-state index in [2.05, 4.69) is 41.3 Å². The highest BCUT2D eigenvalue weighted by Crippen LogP contribution is 2.47. The fourth-order valence-corrected chi connectivity index (χ4v) is 3.55. The molecule has 0 saturated heterocycles. The van der Waals surface area contributed by atoms with Gasteiger partial charge in [-0.1, -0.05) is 36.0 Å². The molecule has 108 valence electrons. The van der Waals surface area contributed by atoms with Crippen molar-refractivity contribution in [2.75, 3.05) is 25.5 Å². The van der Waals surface area contributed by atoms with Crippen molar-refractivity contribution >= 4 is 29.0 Å². The van der Waals surface area contributed by atoms with Crippen molar-refractivity contribution in [3.05, 3.63) is 48.5 Å². The van der Waals surface area contributed by atoms with Gasteiger partial charge in [-0.2, -0.15) is 0 Å². The lowest BCUT2D eigenvalue weighted by molar-refractivity contribution is -0.128. The van der Waals surface area contributed by atoms with Gasteiger partial charge < -0.3 is 9.80 Å². The van der Waals surface area contributed by atoms with Gasteiger partial charge in [0, 0.05) is 36.9 Å². The monoisotopic (exact) mass is 298 g/mol. The van der Waals surface area contributed by atoms with Crippen molar-refractivity contribution in [2.45, 2.75) is 16.2 Å². The Hall–Kier alpha value is -1.94. The lowest BCUT2D eigenvalue weighted by Gasteiger charge is -2.32. The van der Waals surface area contributed by atoms with Crippen LogP contribution in [-0.4, -0.2) is 31.4 Å². The third kappa shape index (κ3) is 2.76. The first kappa shape index (κ1) is 14.0. The molecule has 0 atom stereocenters. The van der Waals surface area contributed by atoms with Crippen LogP contribution in [0.25, 0.3) is 0 Å². The number of benzene rings is 2. The van der Waals surface area contributed by atoms with Crippen LogP contribution in [0.1, 0.15) is 6.42 Å². The van der Waals surface area contributed by atoms with Gasteiger partial charge in [0.15, 0.2) is 0 Å². The second-order valence-corrected chi connectivity index (χ2v) is 6.31. The van der Waals surface area contributed by atoms with E-state index < -0.39 is 0 Å². The third-order valence-electron chi connectivity index (χ3n) is 3.58. The van der Waals surface area contributed by atoms with E-state index in [0.29, 0.717) is 13.0 Å². The molecule has 2 aromatic rings. The smallest absolute Gasteiger partial charge is 0.223 e. The number of amides is 1. The summed E-state index contributed by atoms with van der Waals surface area (Å²) in [5.41, 5.74) is 2.38. The van der Waals surface area contributed by atoms with E-state index in [-0.39, 0.29) is 5.91 Å². The maximum Gasteiger partial charge on any atom is 0.223 e.